The van der Waals surface area contributed by atoms with Crippen molar-refractivity contribution in [3.05, 3.63) is 42.6 Å². The number of amides is 4. The quantitative estimate of drug-likeness (QED) is 0.213. The van der Waals surface area contributed by atoms with Crippen molar-refractivity contribution in [2.75, 3.05) is 13.2 Å². The molecule has 4 aliphatic rings. The zero-order chi connectivity index (χ0) is 43.1. The Morgan fingerprint density at radius 2 is 1.76 bits per heavy atom. The number of carbonyl (C=O) groups is 4. The third kappa shape index (κ3) is 9.84. The summed E-state index contributed by atoms with van der Waals surface area (Å²) in [5.41, 5.74) is -4.60. The van der Waals surface area contributed by atoms with Gasteiger partial charge in [0, 0.05) is 23.1 Å². The second-order valence-electron chi connectivity index (χ2n) is 16.4. The Labute approximate surface area is 338 Å². The van der Waals surface area contributed by atoms with Gasteiger partial charge in [-0.3, -0.25) is 19.1 Å². The van der Waals surface area contributed by atoms with Crippen LogP contribution in [0.15, 0.2) is 42.6 Å². The lowest BCUT2D eigenvalue weighted by atomic mass is 9.88. The molecule has 1 aromatic heterocycles. The van der Waals surface area contributed by atoms with Gasteiger partial charge in [-0.2, -0.15) is 13.2 Å². The van der Waals surface area contributed by atoms with Crippen LogP contribution in [0.3, 0.4) is 0 Å². The maximum absolute atomic E-state index is 14.7. The van der Waals surface area contributed by atoms with E-state index in [0.29, 0.717) is 56.7 Å². The van der Waals surface area contributed by atoms with E-state index >= 15 is 0 Å². The Balaban J connectivity index is 1.35. The van der Waals surface area contributed by atoms with Crippen molar-refractivity contribution in [2.24, 2.45) is 17.8 Å². The highest BCUT2D eigenvalue weighted by Gasteiger charge is 2.62. The minimum atomic E-state index is -4.95. The third-order valence-corrected chi connectivity index (χ3v) is 13.1. The number of pyridine rings is 1. The number of nitrogens with one attached hydrogen (secondary N) is 3. The Morgan fingerprint density at radius 3 is 2.42 bits per heavy atom. The highest BCUT2D eigenvalue weighted by atomic mass is 32.2. The van der Waals surface area contributed by atoms with Gasteiger partial charge in [-0.1, -0.05) is 44.2 Å². The van der Waals surface area contributed by atoms with E-state index in [4.69, 9.17) is 14.2 Å². The van der Waals surface area contributed by atoms with Gasteiger partial charge < -0.3 is 29.7 Å². The van der Waals surface area contributed by atoms with Crippen LogP contribution in [0.1, 0.15) is 72.6 Å². The first kappa shape index (κ1) is 43.8. The Kier molecular flexibility index (Phi) is 12.4. The fourth-order valence-electron chi connectivity index (χ4n) is 7.60. The number of alkyl halides is 5. The number of hydrogen-bond donors (Lipinski definition) is 3. The minimum Gasteiger partial charge on any atom is -0.485 e. The molecule has 7 unspecified atom stereocenters. The molecule has 0 radical (unpaired) electrons. The largest absolute Gasteiger partial charge is 0.485 e. The second kappa shape index (κ2) is 16.7. The molecule has 2 aliphatic heterocycles. The number of fused-ring (bicyclic) bond motifs is 3. The van der Waals surface area contributed by atoms with Gasteiger partial charge in [-0.15, -0.1) is 0 Å². The molecule has 7 atom stereocenters. The molecule has 2 aliphatic carbocycles. The number of aromatic nitrogens is 1. The molecule has 3 heterocycles. The number of sulfonamides is 1. The first-order chi connectivity index (χ1) is 27.6. The molecular weight excluding hydrogens is 810 g/mol. The summed E-state index contributed by atoms with van der Waals surface area (Å²) in [6.45, 7) is 3.67. The molecule has 2 aromatic rings. The number of hydrogen-bond acceptors (Lipinski definition) is 10. The van der Waals surface area contributed by atoms with Crippen molar-refractivity contribution < 1.29 is 63.8 Å². The lowest BCUT2D eigenvalue weighted by Gasteiger charge is -2.34. The summed E-state index contributed by atoms with van der Waals surface area (Å²) >= 11 is 0. The molecule has 324 valence electrons. The molecule has 3 fully saturated rings. The Hall–Kier alpha value is -4.75. The number of allylic oxidation sites excluding steroid dienone is 1. The van der Waals surface area contributed by atoms with E-state index in [2.05, 4.69) is 20.3 Å². The normalized spacial score (nSPS) is 28.1. The smallest absolute Gasteiger partial charge is 0.427 e. The van der Waals surface area contributed by atoms with Gasteiger partial charge in [0.05, 0.1) is 18.0 Å². The third-order valence-electron chi connectivity index (χ3n) is 11.3. The van der Waals surface area contributed by atoms with Crippen LogP contribution in [-0.4, -0.2) is 102 Å². The zero-order valence-electron chi connectivity index (χ0n) is 32.9. The maximum Gasteiger partial charge on any atom is 0.427 e. The first-order valence-corrected chi connectivity index (χ1v) is 21.0. The van der Waals surface area contributed by atoms with E-state index in [9.17, 15) is 49.5 Å². The van der Waals surface area contributed by atoms with Crippen LogP contribution in [0.25, 0.3) is 10.8 Å². The average Bonchev–Trinajstić information content (AvgIpc) is 4.07. The molecule has 14 nitrogen and oxygen atoms in total. The van der Waals surface area contributed by atoms with Gasteiger partial charge in [0.2, 0.25) is 33.3 Å². The molecule has 0 spiro atoms. The highest BCUT2D eigenvalue weighted by Crippen LogP contribution is 2.46. The number of benzene rings is 1. The summed E-state index contributed by atoms with van der Waals surface area (Å²) in [6.07, 6.45) is -3.40. The predicted molar refractivity (Wildman–Crippen MR) is 202 cm³/mol. The van der Waals surface area contributed by atoms with E-state index in [-0.39, 0.29) is 36.9 Å². The van der Waals surface area contributed by atoms with E-state index in [1.54, 1.807) is 37.3 Å². The highest BCUT2D eigenvalue weighted by molar-refractivity contribution is 7.91. The lowest BCUT2D eigenvalue weighted by Crippen LogP contribution is -2.59. The summed E-state index contributed by atoms with van der Waals surface area (Å²) in [5.74, 6) is -3.91. The van der Waals surface area contributed by atoms with Crippen LogP contribution in [-0.2, 0) is 29.1 Å². The van der Waals surface area contributed by atoms with Gasteiger partial charge >= 0.3 is 12.3 Å². The zero-order valence-corrected chi connectivity index (χ0v) is 33.7. The van der Waals surface area contributed by atoms with Crippen LogP contribution in [0.4, 0.5) is 26.7 Å². The van der Waals surface area contributed by atoms with E-state index < -0.39 is 99.5 Å². The number of alkyl carbamates (subject to hydrolysis) is 1. The SMILES string of the molecule is CC1CCC=CC2CC2(C(=O)NS(=O)(=O)C2CC2)NC(=O)C2CC(Oc3ncc(OCC(F)F)c4ccccc34)CN2C(=O)C(NC(=O)OC(C)(C)C(F)(F)F)C(C)C1. The Bertz CT molecular complexity index is 2080. The van der Waals surface area contributed by atoms with Gasteiger partial charge in [0.25, 0.3) is 12.3 Å². The summed E-state index contributed by atoms with van der Waals surface area (Å²) in [6, 6.07) is 3.61. The summed E-state index contributed by atoms with van der Waals surface area (Å²) in [4.78, 5) is 61.4. The molecular formula is C39H48F5N5O9S. The number of nitrogens with zero attached hydrogens (tertiary/aromatic N) is 2. The molecule has 1 aromatic carbocycles. The average molecular weight is 858 g/mol. The maximum atomic E-state index is 14.7. The van der Waals surface area contributed by atoms with Crippen molar-refractivity contribution in [3.8, 4) is 11.6 Å². The minimum absolute atomic E-state index is 0.00829. The molecule has 1 saturated heterocycles. The van der Waals surface area contributed by atoms with Crippen LogP contribution in [0.2, 0.25) is 0 Å². The standard InChI is InChI=1S/C39H48F5N5O9S/c1-21-9-5-6-10-23-17-38(23,35(52)48-59(54,55)25-13-14-25)47-32(50)28-16-24(57-33-27-12-8-7-11-26(27)29(18-45-33)56-20-30(40)41)19-49(28)34(51)31(22(2)15-21)46-36(53)58-37(3,4)39(42,43)44/h6-8,10-12,18,21-25,28,30-31H,5,9,13-17,19-20H2,1-4H3,(H,46,53)(H,47,50)(H,48,52). The van der Waals surface area contributed by atoms with E-state index in [0.717, 1.165) is 4.90 Å². The monoisotopic (exact) mass is 857 g/mol. The fourth-order valence-corrected chi connectivity index (χ4v) is 8.97. The van der Waals surface area contributed by atoms with E-state index in [1.807, 2.05) is 13.0 Å². The first-order valence-electron chi connectivity index (χ1n) is 19.5. The second-order valence-corrected chi connectivity index (χ2v) is 18.4. The van der Waals surface area contributed by atoms with Crippen molar-refractivity contribution >= 4 is 44.6 Å². The number of ether oxygens (including phenoxy) is 3. The molecule has 2 saturated carbocycles. The van der Waals surface area contributed by atoms with Crippen LogP contribution in [0.5, 0.6) is 11.6 Å². The van der Waals surface area contributed by atoms with Crippen molar-refractivity contribution in [3.63, 3.8) is 0 Å². The Morgan fingerprint density at radius 1 is 1.07 bits per heavy atom. The summed E-state index contributed by atoms with van der Waals surface area (Å²) in [5, 5.41) is 5.08. The van der Waals surface area contributed by atoms with Crippen molar-refractivity contribution in [2.45, 2.75) is 120 Å². The molecule has 20 heteroatoms. The van der Waals surface area contributed by atoms with Gasteiger partial charge in [-0.05, 0) is 70.3 Å². The topological polar surface area (TPSA) is 182 Å². The number of carbonyl (C=O) groups excluding carboxylic acids is 4. The lowest BCUT2D eigenvalue weighted by molar-refractivity contribution is -0.244. The molecule has 0 bridgehead atoms. The van der Waals surface area contributed by atoms with E-state index in [1.165, 1.54) is 6.20 Å². The number of rotatable bonds is 10. The number of halogens is 5. The van der Waals surface area contributed by atoms with Gasteiger partial charge in [0.1, 0.15) is 36.1 Å². The molecule has 6 rings (SSSR count). The van der Waals surface area contributed by atoms with Gasteiger partial charge in [0.15, 0.2) is 0 Å². The van der Waals surface area contributed by atoms with Gasteiger partial charge in [-0.25, -0.2) is 27.0 Å². The molecule has 4 amide bonds. The summed E-state index contributed by atoms with van der Waals surface area (Å²) in [7, 11) is -4.02. The molecule has 59 heavy (non-hydrogen) atoms. The van der Waals surface area contributed by atoms with Crippen molar-refractivity contribution in [1.82, 2.24) is 25.2 Å². The molecule has 3 N–H and O–H groups in total. The van der Waals surface area contributed by atoms with Crippen molar-refractivity contribution in [1.29, 1.82) is 0 Å². The fraction of sp³-hybridized carbons (Fsp3) is 0.615. The van der Waals surface area contributed by atoms with Crippen LogP contribution in [0, 0.1) is 17.8 Å². The van der Waals surface area contributed by atoms with Crippen LogP contribution >= 0.6 is 0 Å². The predicted octanol–water partition coefficient (Wildman–Crippen LogP) is 5.16. The van der Waals surface area contributed by atoms with Crippen LogP contribution < -0.4 is 24.8 Å². The summed E-state index contributed by atoms with van der Waals surface area (Å²) < 4.78 is 111.